The van der Waals surface area contributed by atoms with Crippen molar-refractivity contribution in [2.45, 2.75) is 0 Å². The molecule has 0 aliphatic rings. The number of nitrogens with zero attached hydrogens (tertiary/aromatic N) is 1. The van der Waals surface area contributed by atoms with Crippen LogP contribution in [0.3, 0.4) is 0 Å². The van der Waals surface area contributed by atoms with Crippen LogP contribution in [0, 0.1) is 12.3 Å². The first kappa shape index (κ1) is 7.70. The molecule has 0 fully saturated rings. The van der Waals surface area contributed by atoms with Gasteiger partial charge >= 0.3 is 0 Å². The fraction of sp³-hybridized carbons (Fsp3) is 0. The van der Waals surface area contributed by atoms with E-state index in [9.17, 15) is 0 Å². The van der Waals surface area contributed by atoms with E-state index in [2.05, 4.69) is 5.92 Å². The second kappa shape index (κ2) is 3.20. The quantitative estimate of drug-likeness (QED) is 0.575. The molecule has 0 spiro atoms. The zero-order chi connectivity index (χ0) is 9.10. The molecule has 0 saturated heterocycles. The predicted octanol–water partition coefficient (Wildman–Crippen LogP) is 2.46. The van der Waals surface area contributed by atoms with Gasteiger partial charge in [-0.2, -0.15) is 0 Å². The van der Waals surface area contributed by atoms with Crippen LogP contribution in [0.1, 0.15) is 5.56 Å². The third-order valence-electron chi connectivity index (χ3n) is 1.94. The monoisotopic (exact) mass is 167 g/mol. The van der Waals surface area contributed by atoms with Gasteiger partial charge in [-0.3, -0.25) is 0 Å². The van der Waals surface area contributed by atoms with Crippen molar-refractivity contribution in [2.24, 2.45) is 0 Å². The molecule has 0 amide bonds. The molecule has 1 nitrogen and oxygen atoms in total. The summed E-state index contributed by atoms with van der Waals surface area (Å²) in [6.07, 6.45) is 9.36. The van der Waals surface area contributed by atoms with Gasteiger partial charge in [-0.05, 0) is 24.3 Å². The average molecular weight is 167 g/mol. The Bertz CT molecular complexity index is 432. The molecule has 13 heavy (non-hydrogen) atoms. The van der Waals surface area contributed by atoms with Gasteiger partial charge in [-0.1, -0.05) is 18.1 Å². The molecule has 0 aliphatic carbocycles. The van der Waals surface area contributed by atoms with E-state index < -0.39 is 0 Å². The summed E-state index contributed by atoms with van der Waals surface area (Å²) in [5, 5.41) is 0. The Hall–Kier alpha value is -1.94. The Morgan fingerprint density at radius 1 is 1.00 bits per heavy atom. The minimum absolute atomic E-state index is 0.915. The molecular formula is C12H9N. The van der Waals surface area contributed by atoms with Crippen LogP contribution in [-0.4, -0.2) is 4.57 Å². The van der Waals surface area contributed by atoms with E-state index in [4.69, 9.17) is 6.42 Å². The van der Waals surface area contributed by atoms with Gasteiger partial charge in [0.05, 0.1) is 5.69 Å². The van der Waals surface area contributed by atoms with E-state index in [1.165, 1.54) is 0 Å². The number of benzene rings is 1. The first-order valence-electron chi connectivity index (χ1n) is 4.11. The first-order chi connectivity index (χ1) is 6.42. The molecule has 1 heteroatoms. The van der Waals surface area contributed by atoms with Crippen molar-refractivity contribution in [2.75, 3.05) is 0 Å². The highest BCUT2D eigenvalue weighted by atomic mass is 14.9. The molecule has 0 bridgehead atoms. The summed E-state index contributed by atoms with van der Waals surface area (Å²) >= 11 is 0. The van der Waals surface area contributed by atoms with Crippen LogP contribution in [0.25, 0.3) is 5.69 Å². The van der Waals surface area contributed by atoms with Crippen molar-refractivity contribution < 1.29 is 0 Å². The molecule has 0 aliphatic heterocycles. The molecule has 2 rings (SSSR count). The van der Waals surface area contributed by atoms with Crippen molar-refractivity contribution in [1.29, 1.82) is 0 Å². The maximum absolute atomic E-state index is 5.39. The molecule has 1 heterocycles. The molecular weight excluding hydrogens is 158 g/mol. The topological polar surface area (TPSA) is 4.93 Å². The van der Waals surface area contributed by atoms with Gasteiger partial charge in [-0.25, -0.2) is 0 Å². The lowest BCUT2D eigenvalue weighted by Gasteiger charge is -2.04. The van der Waals surface area contributed by atoms with Crippen LogP contribution >= 0.6 is 0 Å². The summed E-state index contributed by atoms with van der Waals surface area (Å²) in [6.45, 7) is 0. The smallest absolute Gasteiger partial charge is 0.0606 e. The Labute approximate surface area is 77.6 Å². The number of aromatic nitrogens is 1. The van der Waals surface area contributed by atoms with E-state index in [1.807, 2.05) is 53.4 Å². The van der Waals surface area contributed by atoms with Gasteiger partial charge in [0.15, 0.2) is 0 Å². The van der Waals surface area contributed by atoms with Crippen molar-refractivity contribution in [3.8, 4) is 18.0 Å². The van der Waals surface area contributed by atoms with Gasteiger partial charge < -0.3 is 4.57 Å². The maximum Gasteiger partial charge on any atom is 0.0606 e. The van der Waals surface area contributed by atoms with E-state index in [0.717, 1.165) is 11.3 Å². The SMILES string of the molecule is C#Cc1ccccc1-n1cccc1. The summed E-state index contributed by atoms with van der Waals surface area (Å²) in [6, 6.07) is 11.8. The summed E-state index contributed by atoms with van der Waals surface area (Å²) in [5.41, 5.74) is 1.97. The summed E-state index contributed by atoms with van der Waals surface area (Å²) < 4.78 is 2.01. The Balaban J connectivity index is 2.59. The number of hydrogen-bond acceptors (Lipinski definition) is 0. The zero-order valence-corrected chi connectivity index (χ0v) is 7.14. The highest BCUT2D eigenvalue weighted by Gasteiger charge is 1.98. The predicted molar refractivity (Wildman–Crippen MR) is 53.7 cm³/mol. The van der Waals surface area contributed by atoms with E-state index in [1.54, 1.807) is 0 Å². The van der Waals surface area contributed by atoms with Crippen molar-refractivity contribution in [1.82, 2.24) is 4.57 Å². The fourth-order valence-corrected chi connectivity index (χ4v) is 1.32. The lowest BCUT2D eigenvalue weighted by Crippen LogP contribution is -1.92. The Kier molecular flexibility index (Phi) is 1.90. The molecule has 0 unspecified atom stereocenters. The van der Waals surface area contributed by atoms with Crippen LogP contribution in [-0.2, 0) is 0 Å². The van der Waals surface area contributed by atoms with Crippen LogP contribution in [0.4, 0.5) is 0 Å². The normalized spacial score (nSPS) is 9.46. The van der Waals surface area contributed by atoms with E-state index in [0.29, 0.717) is 0 Å². The molecule has 1 aromatic heterocycles. The average Bonchev–Trinajstić information content (AvgIpc) is 2.70. The van der Waals surface area contributed by atoms with Gasteiger partial charge in [0.1, 0.15) is 0 Å². The minimum Gasteiger partial charge on any atom is -0.323 e. The maximum atomic E-state index is 5.39. The van der Waals surface area contributed by atoms with E-state index >= 15 is 0 Å². The summed E-state index contributed by atoms with van der Waals surface area (Å²) in [4.78, 5) is 0. The van der Waals surface area contributed by atoms with Gasteiger partial charge in [-0.15, -0.1) is 6.42 Å². The van der Waals surface area contributed by atoms with Crippen molar-refractivity contribution in [3.63, 3.8) is 0 Å². The number of rotatable bonds is 1. The summed E-state index contributed by atoms with van der Waals surface area (Å²) in [7, 11) is 0. The largest absolute Gasteiger partial charge is 0.323 e. The number of para-hydroxylation sites is 1. The standard InChI is InChI=1S/C12H9N/c1-2-11-7-3-4-8-12(11)13-9-5-6-10-13/h1,3-10H. The lowest BCUT2D eigenvalue weighted by molar-refractivity contribution is 1.07. The van der Waals surface area contributed by atoms with Gasteiger partial charge in [0.25, 0.3) is 0 Å². The van der Waals surface area contributed by atoms with E-state index in [-0.39, 0.29) is 0 Å². The van der Waals surface area contributed by atoms with Crippen LogP contribution in [0.2, 0.25) is 0 Å². The second-order valence-electron chi connectivity index (χ2n) is 2.75. The Morgan fingerprint density at radius 2 is 1.69 bits per heavy atom. The van der Waals surface area contributed by atoms with Crippen LogP contribution in [0.5, 0.6) is 0 Å². The molecule has 0 radical (unpaired) electrons. The Morgan fingerprint density at radius 3 is 2.38 bits per heavy atom. The first-order valence-corrected chi connectivity index (χ1v) is 4.11. The second-order valence-corrected chi connectivity index (χ2v) is 2.75. The van der Waals surface area contributed by atoms with Gasteiger partial charge in [0.2, 0.25) is 0 Å². The summed E-state index contributed by atoms with van der Waals surface area (Å²) in [5.74, 6) is 2.66. The van der Waals surface area contributed by atoms with Crippen LogP contribution < -0.4 is 0 Å². The lowest BCUT2D eigenvalue weighted by atomic mass is 10.2. The highest BCUT2D eigenvalue weighted by Crippen LogP contribution is 2.12. The molecule has 1 aromatic carbocycles. The molecule has 0 N–H and O–H groups in total. The fourth-order valence-electron chi connectivity index (χ4n) is 1.32. The third kappa shape index (κ3) is 1.34. The molecule has 0 saturated carbocycles. The third-order valence-corrected chi connectivity index (χ3v) is 1.94. The number of terminal acetylenes is 1. The van der Waals surface area contributed by atoms with Crippen LogP contribution in [0.15, 0.2) is 48.8 Å². The molecule has 62 valence electrons. The zero-order valence-electron chi connectivity index (χ0n) is 7.14. The molecule has 0 atom stereocenters. The van der Waals surface area contributed by atoms with Gasteiger partial charge in [0, 0.05) is 18.0 Å². The van der Waals surface area contributed by atoms with Crippen molar-refractivity contribution in [3.05, 3.63) is 54.4 Å². The number of hydrogen-bond donors (Lipinski definition) is 0. The molecule has 2 aromatic rings. The van der Waals surface area contributed by atoms with Crippen molar-refractivity contribution >= 4 is 0 Å². The highest BCUT2D eigenvalue weighted by molar-refractivity contribution is 5.50. The minimum atomic E-state index is 0.915.